The van der Waals surface area contributed by atoms with Gasteiger partial charge in [0.25, 0.3) is 0 Å². The number of hydrogen-bond acceptors (Lipinski definition) is 2. The normalized spacial score (nSPS) is 33.2. The molecule has 1 saturated heterocycles. The first-order chi connectivity index (χ1) is 7.89. The molecule has 1 aromatic carbocycles. The molecule has 0 radical (unpaired) electrons. The van der Waals surface area contributed by atoms with Gasteiger partial charge in [-0.05, 0) is 16.7 Å². The van der Waals surface area contributed by atoms with Crippen LogP contribution in [0.15, 0.2) is 47.2 Å². The SMILES string of the molecule is [N-]=[N+]=NC=C1C2COCC12c1ccccc1. The molecule has 4 heteroatoms. The lowest BCUT2D eigenvalue weighted by Crippen LogP contribution is -2.11. The first-order valence-corrected chi connectivity index (χ1v) is 5.27. The predicted molar refractivity (Wildman–Crippen MR) is 59.7 cm³/mol. The van der Waals surface area contributed by atoms with Gasteiger partial charge < -0.3 is 4.74 Å². The molecule has 1 aliphatic heterocycles. The standard InChI is InChI=1S/C12H11N3O/c13-15-14-6-10-11-7-16-8-12(10,11)9-4-2-1-3-5-9/h1-6,11H,7-8H2. The molecule has 1 aromatic rings. The van der Waals surface area contributed by atoms with Gasteiger partial charge in [0, 0.05) is 22.4 Å². The van der Waals surface area contributed by atoms with Crippen molar-refractivity contribution in [2.75, 3.05) is 13.2 Å². The molecule has 0 bridgehead atoms. The Morgan fingerprint density at radius 2 is 2.25 bits per heavy atom. The number of hydrogen-bond donors (Lipinski definition) is 0. The van der Waals surface area contributed by atoms with Crippen LogP contribution in [0, 0.1) is 5.92 Å². The van der Waals surface area contributed by atoms with Crippen molar-refractivity contribution in [3.8, 4) is 0 Å². The molecular weight excluding hydrogens is 202 g/mol. The van der Waals surface area contributed by atoms with E-state index in [1.54, 1.807) is 6.20 Å². The molecule has 16 heavy (non-hydrogen) atoms. The van der Waals surface area contributed by atoms with Crippen LogP contribution >= 0.6 is 0 Å². The number of rotatable bonds is 2. The summed E-state index contributed by atoms with van der Waals surface area (Å²) in [5.41, 5.74) is 10.8. The number of fused-ring (bicyclic) bond motifs is 1. The molecule has 2 unspecified atom stereocenters. The first kappa shape index (κ1) is 9.46. The van der Waals surface area contributed by atoms with Crippen molar-refractivity contribution < 1.29 is 4.74 Å². The Bertz CT molecular complexity index is 490. The molecule has 1 heterocycles. The fourth-order valence-electron chi connectivity index (χ4n) is 2.70. The van der Waals surface area contributed by atoms with Crippen molar-refractivity contribution in [2.24, 2.45) is 11.0 Å². The van der Waals surface area contributed by atoms with Crippen LogP contribution in [0.2, 0.25) is 0 Å². The van der Waals surface area contributed by atoms with Gasteiger partial charge in [0.15, 0.2) is 0 Å². The molecule has 2 atom stereocenters. The second kappa shape index (κ2) is 3.37. The minimum atomic E-state index is -0.00451. The Hall–Kier alpha value is -1.77. The molecule has 0 aromatic heterocycles. The Morgan fingerprint density at radius 3 is 3.00 bits per heavy atom. The number of ether oxygens (including phenoxy) is 1. The Morgan fingerprint density at radius 1 is 1.44 bits per heavy atom. The van der Waals surface area contributed by atoms with Crippen LogP contribution in [-0.4, -0.2) is 13.2 Å². The maximum Gasteiger partial charge on any atom is 0.0607 e. The molecule has 4 nitrogen and oxygen atoms in total. The second-order valence-corrected chi connectivity index (χ2v) is 4.19. The van der Waals surface area contributed by atoms with Gasteiger partial charge in [-0.1, -0.05) is 35.4 Å². The van der Waals surface area contributed by atoms with Gasteiger partial charge in [-0.25, -0.2) is 0 Å². The van der Waals surface area contributed by atoms with E-state index in [1.165, 1.54) is 11.1 Å². The number of azide groups is 1. The highest BCUT2D eigenvalue weighted by Crippen LogP contribution is 2.63. The monoisotopic (exact) mass is 213 g/mol. The second-order valence-electron chi connectivity index (χ2n) is 4.19. The highest BCUT2D eigenvalue weighted by Gasteiger charge is 2.64. The molecule has 80 valence electrons. The Labute approximate surface area is 93.2 Å². The van der Waals surface area contributed by atoms with Crippen LogP contribution in [0.4, 0.5) is 0 Å². The topological polar surface area (TPSA) is 58.0 Å². The van der Waals surface area contributed by atoms with E-state index in [0.29, 0.717) is 12.5 Å². The van der Waals surface area contributed by atoms with E-state index in [1.807, 2.05) is 18.2 Å². The molecule has 0 N–H and O–H groups in total. The van der Waals surface area contributed by atoms with Crippen LogP contribution in [-0.2, 0) is 10.2 Å². The lowest BCUT2D eigenvalue weighted by molar-refractivity contribution is 0.170. The average Bonchev–Trinajstić information content (AvgIpc) is 2.74. The highest BCUT2D eigenvalue weighted by atomic mass is 16.5. The van der Waals surface area contributed by atoms with E-state index >= 15 is 0 Å². The summed E-state index contributed by atoms with van der Waals surface area (Å²) in [5, 5.41) is 3.55. The molecular formula is C12H11N3O. The van der Waals surface area contributed by atoms with Crippen molar-refractivity contribution in [2.45, 2.75) is 5.41 Å². The molecule has 1 saturated carbocycles. The van der Waals surface area contributed by atoms with E-state index in [2.05, 4.69) is 22.2 Å². The van der Waals surface area contributed by atoms with Crippen molar-refractivity contribution in [3.63, 3.8) is 0 Å². The highest BCUT2D eigenvalue weighted by molar-refractivity contribution is 5.55. The number of nitrogens with zero attached hydrogens (tertiary/aromatic N) is 3. The third kappa shape index (κ3) is 1.11. The average molecular weight is 213 g/mol. The summed E-state index contributed by atoms with van der Waals surface area (Å²) in [6, 6.07) is 10.3. The fraction of sp³-hybridized carbons (Fsp3) is 0.333. The van der Waals surface area contributed by atoms with E-state index < -0.39 is 0 Å². The van der Waals surface area contributed by atoms with E-state index in [-0.39, 0.29) is 5.41 Å². The van der Waals surface area contributed by atoms with Crippen molar-refractivity contribution in [1.29, 1.82) is 0 Å². The zero-order valence-electron chi connectivity index (χ0n) is 8.71. The maximum atomic E-state index is 8.34. The largest absolute Gasteiger partial charge is 0.379 e. The summed E-state index contributed by atoms with van der Waals surface area (Å²) in [6.07, 6.45) is 1.65. The molecule has 3 rings (SSSR count). The fourth-order valence-corrected chi connectivity index (χ4v) is 2.70. The summed E-state index contributed by atoms with van der Waals surface area (Å²) in [7, 11) is 0. The van der Waals surface area contributed by atoms with E-state index in [4.69, 9.17) is 10.3 Å². The summed E-state index contributed by atoms with van der Waals surface area (Å²) in [6.45, 7) is 1.44. The van der Waals surface area contributed by atoms with Crippen LogP contribution in [0.25, 0.3) is 10.4 Å². The van der Waals surface area contributed by atoms with Crippen LogP contribution < -0.4 is 0 Å². The zero-order valence-corrected chi connectivity index (χ0v) is 8.71. The third-order valence-corrected chi connectivity index (χ3v) is 3.55. The van der Waals surface area contributed by atoms with Crippen LogP contribution in [0.1, 0.15) is 5.56 Å². The van der Waals surface area contributed by atoms with Gasteiger partial charge in [0.1, 0.15) is 0 Å². The van der Waals surface area contributed by atoms with E-state index in [0.717, 1.165) is 6.61 Å². The van der Waals surface area contributed by atoms with Gasteiger partial charge in [-0.2, -0.15) is 0 Å². The van der Waals surface area contributed by atoms with Gasteiger partial charge in [-0.15, -0.1) is 0 Å². The summed E-state index contributed by atoms with van der Waals surface area (Å²) in [4.78, 5) is 2.78. The smallest absolute Gasteiger partial charge is 0.0607 e. The quantitative estimate of drug-likeness (QED) is 0.423. The lowest BCUT2D eigenvalue weighted by Gasteiger charge is -2.10. The molecule has 1 aliphatic carbocycles. The lowest BCUT2D eigenvalue weighted by atomic mass is 9.95. The van der Waals surface area contributed by atoms with Gasteiger partial charge in [-0.3, -0.25) is 0 Å². The molecule has 0 spiro atoms. The van der Waals surface area contributed by atoms with Gasteiger partial charge >= 0.3 is 0 Å². The Kier molecular flexibility index (Phi) is 1.99. The predicted octanol–water partition coefficient (Wildman–Crippen LogP) is 2.78. The minimum Gasteiger partial charge on any atom is -0.379 e. The van der Waals surface area contributed by atoms with Crippen molar-refractivity contribution in [1.82, 2.24) is 0 Å². The molecule has 0 amide bonds. The van der Waals surface area contributed by atoms with Crippen LogP contribution in [0.3, 0.4) is 0 Å². The Balaban J connectivity index is 2.02. The van der Waals surface area contributed by atoms with Crippen molar-refractivity contribution >= 4 is 0 Å². The zero-order chi connectivity index (χ0) is 11.0. The minimum absolute atomic E-state index is 0.00451. The molecule has 2 fully saturated rings. The summed E-state index contributed by atoms with van der Waals surface area (Å²) in [5.74, 6) is 0.403. The first-order valence-electron chi connectivity index (χ1n) is 5.27. The van der Waals surface area contributed by atoms with E-state index in [9.17, 15) is 0 Å². The van der Waals surface area contributed by atoms with Crippen LogP contribution in [0.5, 0.6) is 0 Å². The van der Waals surface area contributed by atoms with Gasteiger partial charge in [0.2, 0.25) is 0 Å². The maximum absolute atomic E-state index is 8.34. The third-order valence-electron chi connectivity index (χ3n) is 3.55. The summed E-state index contributed by atoms with van der Waals surface area (Å²) < 4.78 is 5.50. The molecule has 2 aliphatic rings. The summed E-state index contributed by atoms with van der Waals surface area (Å²) >= 11 is 0. The van der Waals surface area contributed by atoms with Gasteiger partial charge in [0.05, 0.1) is 13.2 Å². The number of benzene rings is 1. The van der Waals surface area contributed by atoms with Crippen molar-refractivity contribution in [3.05, 3.63) is 58.1 Å².